The predicted octanol–water partition coefficient (Wildman–Crippen LogP) is 2.56. The van der Waals surface area contributed by atoms with Gasteiger partial charge < -0.3 is 10.6 Å². The molecule has 142 valence electrons. The van der Waals surface area contributed by atoms with Crippen LogP contribution in [-0.2, 0) is 6.54 Å². The molecular weight excluding hydrogens is 352 g/mol. The van der Waals surface area contributed by atoms with Crippen molar-refractivity contribution in [3.05, 3.63) is 30.9 Å². The monoisotopic (exact) mass is 373 g/mol. The van der Waals surface area contributed by atoms with Crippen LogP contribution in [0.3, 0.4) is 0 Å². The van der Waals surface area contributed by atoms with Crippen LogP contribution in [0.25, 0.3) is 22.3 Å². The number of nitrogens with one attached hydrogen (secondary N) is 2. The summed E-state index contributed by atoms with van der Waals surface area (Å²) in [5, 5.41) is 10.4. The molecule has 9 heteroatoms. The maximum atomic E-state index is 14.1. The fourth-order valence-electron chi connectivity index (χ4n) is 3.24. The molecule has 1 fully saturated rings. The molecule has 0 saturated carbocycles. The lowest BCUT2D eigenvalue weighted by Gasteiger charge is -2.32. The van der Waals surface area contributed by atoms with Gasteiger partial charge in [0.25, 0.3) is 5.92 Å². The minimum Gasteiger partial charge on any atom is -0.368 e. The van der Waals surface area contributed by atoms with Crippen LogP contribution >= 0.6 is 0 Å². The smallest absolute Gasteiger partial charge is 0.255 e. The molecule has 0 amide bonds. The number of hydrogen-bond acceptors (Lipinski definition) is 6. The molecule has 0 unspecified atom stereocenters. The van der Waals surface area contributed by atoms with Gasteiger partial charge in [0.2, 0.25) is 0 Å². The van der Waals surface area contributed by atoms with Crippen molar-refractivity contribution in [2.75, 3.05) is 25.0 Å². The molecule has 1 aliphatic heterocycles. The van der Waals surface area contributed by atoms with Gasteiger partial charge in [-0.15, -0.1) is 0 Å². The van der Waals surface area contributed by atoms with Gasteiger partial charge in [-0.25, -0.2) is 18.7 Å². The predicted molar refractivity (Wildman–Crippen MR) is 98.6 cm³/mol. The summed E-state index contributed by atoms with van der Waals surface area (Å²) in [5.74, 6) is -3.04. The lowest BCUT2D eigenvalue weighted by Crippen LogP contribution is -2.47. The molecule has 0 spiro atoms. The quantitative estimate of drug-likeness (QED) is 0.716. The number of fused-ring (bicyclic) bond motifs is 1. The van der Waals surface area contributed by atoms with E-state index in [9.17, 15) is 8.78 Å². The minimum absolute atomic E-state index is 0.107. The highest BCUT2D eigenvalue weighted by atomic mass is 19.3. The van der Waals surface area contributed by atoms with Crippen LogP contribution in [0.15, 0.2) is 30.9 Å². The van der Waals surface area contributed by atoms with E-state index in [0.29, 0.717) is 29.1 Å². The van der Waals surface area contributed by atoms with Crippen molar-refractivity contribution in [3.8, 4) is 11.3 Å². The highest BCUT2D eigenvalue weighted by Gasteiger charge is 2.41. The first-order valence-corrected chi connectivity index (χ1v) is 9.04. The lowest BCUT2D eigenvalue weighted by atomic mass is 9.95. The number of aromatic nitrogens is 5. The van der Waals surface area contributed by atoms with E-state index in [1.807, 2.05) is 19.2 Å². The molecular formula is C18H21F2N7. The molecule has 27 heavy (non-hydrogen) atoms. The number of piperidine rings is 1. The van der Waals surface area contributed by atoms with E-state index in [1.54, 1.807) is 23.3 Å². The third-order valence-electron chi connectivity index (χ3n) is 4.85. The zero-order valence-corrected chi connectivity index (χ0v) is 15.0. The molecule has 2 N–H and O–H groups in total. The maximum Gasteiger partial charge on any atom is 0.255 e. The second-order valence-electron chi connectivity index (χ2n) is 6.66. The van der Waals surface area contributed by atoms with E-state index in [2.05, 4.69) is 30.7 Å². The number of hydrogen-bond donors (Lipinski definition) is 2. The molecule has 0 aromatic carbocycles. The second kappa shape index (κ2) is 7.15. The number of anilines is 1. The molecule has 1 aliphatic rings. The molecule has 0 bridgehead atoms. The fourth-order valence-corrected chi connectivity index (χ4v) is 3.24. The third-order valence-corrected chi connectivity index (χ3v) is 4.85. The van der Waals surface area contributed by atoms with E-state index in [0.717, 1.165) is 12.1 Å². The van der Waals surface area contributed by atoms with Gasteiger partial charge in [0, 0.05) is 56.8 Å². The zero-order chi connectivity index (χ0) is 18.9. The number of aryl methyl sites for hydroxylation is 1. The third kappa shape index (κ3) is 3.59. The van der Waals surface area contributed by atoms with Crippen LogP contribution in [0.2, 0.25) is 0 Å². The van der Waals surface area contributed by atoms with E-state index < -0.39 is 11.8 Å². The number of halogens is 2. The van der Waals surface area contributed by atoms with Crippen molar-refractivity contribution < 1.29 is 8.78 Å². The van der Waals surface area contributed by atoms with Crippen molar-refractivity contribution in [1.82, 2.24) is 30.0 Å². The second-order valence-corrected chi connectivity index (χ2v) is 6.66. The summed E-state index contributed by atoms with van der Waals surface area (Å²) in [6, 6.07) is 1.83. The van der Waals surface area contributed by atoms with Gasteiger partial charge in [-0.3, -0.25) is 9.67 Å². The van der Waals surface area contributed by atoms with Gasteiger partial charge in [-0.2, -0.15) is 5.10 Å². The Labute approximate surface area is 155 Å². The summed E-state index contributed by atoms with van der Waals surface area (Å²) >= 11 is 0. The number of pyridine rings is 1. The first-order chi connectivity index (χ1) is 13.1. The van der Waals surface area contributed by atoms with Gasteiger partial charge in [-0.05, 0) is 13.0 Å². The summed E-state index contributed by atoms with van der Waals surface area (Å²) in [5.41, 5.74) is 2.75. The SMILES string of the molecule is CCn1cc(-c2cc3nccnc3c(NC[C@H]3CNCCC3(F)F)n2)cn1. The molecule has 3 aromatic heterocycles. The van der Waals surface area contributed by atoms with Crippen molar-refractivity contribution in [1.29, 1.82) is 0 Å². The lowest BCUT2D eigenvalue weighted by molar-refractivity contribution is -0.0728. The zero-order valence-electron chi connectivity index (χ0n) is 15.0. The van der Waals surface area contributed by atoms with E-state index >= 15 is 0 Å². The fraction of sp³-hybridized carbons (Fsp3) is 0.444. The van der Waals surface area contributed by atoms with Crippen LogP contribution in [0, 0.1) is 5.92 Å². The largest absolute Gasteiger partial charge is 0.368 e. The molecule has 0 radical (unpaired) electrons. The molecule has 7 nitrogen and oxygen atoms in total. The summed E-state index contributed by atoms with van der Waals surface area (Å²) in [6.45, 7) is 3.47. The van der Waals surface area contributed by atoms with Gasteiger partial charge >= 0.3 is 0 Å². The van der Waals surface area contributed by atoms with Crippen molar-refractivity contribution in [2.45, 2.75) is 25.8 Å². The summed E-state index contributed by atoms with van der Waals surface area (Å²) < 4.78 is 30.1. The van der Waals surface area contributed by atoms with E-state index in [4.69, 9.17) is 0 Å². The van der Waals surface area contributed by atoms with Gasteiger partial charge in [-0.1, -0.05) is 0 Å². The summed E-state index contributed by atoms with van der Waals surface area (Å²) in [6.07, 6.45) is 6.65. The standard InChI is InChI=1S/C18H21F2N7/c1-2-27-11-12(8-25-27)14-7-15-16(23-6-5-22-15)17(26-14)24-10-13-9-21-4-3-18(13,19)20/h5-8,11,13,21H,2-4,9-10H2,1H3,(H,24,26)/t13-/m1/s1. The minimum atomic E-state index is -2.69. The van der Waals surface area contributed by atoms with Crippen LogP contribution in [0.4, 0.5) is 14.6 Å². The van der Waals surface area contributed by atoms with Crippen LogP contribution in [-0.4, -0.2) is 50.3 Å². The van der Waals surface area contributed by atoms with Crippen LogP contribution < -0.4 is 10.6 Å². The Bertz CT molecular complexity index is 940. The Balaban J connectivity index is 1.66. The number of alkyl halides is 2. The molecule has 4 heterocycles. The highest BCUT2D eigenvalue weighted by molar-refractivity contribution is 5.88. The van der Waals surface area contributed by atoms with Crippen LogP contribution in [0.1, 0.15) is 13.3 Å². The topological polar surface area (TPSA) is 80.5 Å². The molecule has 4 rings (SSSR count). The van der Waals surface area contributed by atoms with E-state index in [1.165, 1.54) is 0 Å². The Kier molecular flexibility index (Phi) is 4.69. The molecule has 0 aliphatic carbocycles. The van der Waals surface area contributed by atoms with Crippen molar-refractivity contribution >= 4 is 16.9 Å². The number of rotatable bonds is 5. The number of nitrogens with zero attached hydrogens (tertiary/aromatic N) is 5. The first-order valence-electron chi connectivity index (χ1n) is 9.04. The van der Waals surface area contributed by atoms with Gasteiger partial charge in [0.15, 0.2) is 5.82 Å². The average molecular weight is 373 g/mol. The van der Waals surface area contributed by atoms with Gasteiger partial charge in [0.1, 0.15) is 5.52 Å². The maximum absolute atomic E-state index is 14.1. The Morgan fingerprint density at radius 2 is 2.19 bits per heavy atom. The molecule has 1 saturated heterocycles. The summed E-state index contributed by atoms with van der Waals surface area (Å²) in [4.78, 5) is 13.3. The highest BCUT2D eigenvalue weighted by Crippen LogP contribution is 2.31. The van der Waals surface area contributed by atoms with Crippen molar-refractivity contribution in [3.63, 3.8) is 0 Å². The Morgan fingerprint density at radius 1 is 1.33 bits per heavy atom. The average Bonchev–Trinajstić information content (AvgIpc) is 3.16. The first kappa shape index (κ1) is 17.7. The van der Waals surface area contributed by atoms with Crippen LogP contribution in [0.5, 0.6) is 0 Å². The molecule has 3 aromatic rings. The Morgan fingerprint density at radius 3 is 2.96 bits per heavy atom. The Hall–Kier alpha value is -2.68. The summed E-state index contributed by atoms with van der Waals surface area (Å²) in [7, 11) is 0. The van der Waals surface area contributed by atoms with Gasteiger partial charge in [0.05, 0.1) is 23.3 Å². The van der Waals surface area contributed by atoms with Crippen molar-refractivity contribution in [2.24, 2.45) is 5.92 Å². The normalized spacial score (nSPS) is 19.3. The van der Waals surface area contributed by atoms with E-state index in [-0.39, 0.29) is 19.5 Å². The molecule has 1 atom stereocenters.